The number of amides is 1. The van der Waals surface area contributed by atoms with Gasteiger partial charge in [0.2, 0.25) is 6.41 Å². The van der Waals surface area contributed by atoms with Crippen LogP contribution in [0, 0.1) is 0 Å². The Balaban J connectivity index is 0.000000202. The van der Waals surface area contributed by atoms with E-state index in [0.717, 1.165) is 25.0 Å². The summed E-state index contributed by atoms with van der Waals surface area (Å²) in [6, 6.07) is 19.2. The smallest absolute Gasteiger partial charge is 0.206 e. The van der Waals surface area contributed by atoms with Crippen LogP contribution in [0.1, 0.15) is 43.4 Å². The molecule has 0 spiro atoms. The highest BCUT2D eigenvalue weighted by Crippen LogP contribution is 2.34. The highest BCUT2D eigenvalue weighted by molar-refractivity contribution is 8.13. The first kappa shape index (κ1) is 26.2. The molecule has 1 amide bonds. The maximum absolute atomic E-state index is 9.06. The first-order valence-corrected chi connectivity index (χ1v) is 12.3. The standard InChI is InChI=1S/C15H16.C11H14N2S.C2H5NO/c1-2-13-9-11-15(12-10-13)14-7-5-3-4-6-8-14;1-11(7-8-14-10(12)13-11)9-5-3-2-4-6-9;1-3-2-4/h3-5,7-12H,2,6H2,1H3;2-6H,7-8H2,1H3,(H2,12,13);2H,1H3,(H,3,4). The van der Waals surface area contributed by atoms with Gasteiger partial charge in [-0.2, -0.15) is 0 Å². The Morgan fingerprint density at radius 2 is 1.82 bits per heavy atom. The summed E-state index contributed by atoms with van der Waals surface area (Å²) in [7, 11) is 1.56. The first-order valence-electron chi connectivity index (χ1n) is 11.3. The molecule has 0 saturated carbocycles. The SMILES string of the molecule is CC1(c2ccccc2)CCSC(N)=N1.CCc1ccc(C2=CCC=CC=C2)cc1.CNC=O. The van der Waals surface area contributed by atoms with Gasteiger partial charge in [-0.1, -0.05) is 104 Å². The van der Waals surface area contributed by atoms with Crippen molar-refractivity contribution >= 4 is 28.9 Å². The van der Waals surface area contributed by atoms with Crippen molar-refractivity contribution in [1.82, 2.24) is 5.32 Å². The molecule has 174 valence electrons. The zero-order valence-electron chi connectivity index (χ0n) is 19.8. The van der Waals surface area contributed by atoms with Gasteiger partial charge in [0.1, 0.15) is 0 Å². The summed E-state index contributed by atoms with van der Waals surface area (Å²) in [6.45, 7) is 4.33. The highest BCUT2D eigenvalue weighted by Gasteiger charge is 2.28. The summed E-state index contributed by atoms with van der Waals surface area (Å²) >= 11 is 1.64. The van der Waals surface area contributed by atoms with Crippen molar-refractivity contribution in [1.29, 1.82) is 0 Å². The number of hydrogen-bond acceptors (Lipinski definition) is 4. The van der Waals surface area contributed by atoms with Crippen molar-refractivity contribution < 1.29 is 4.79 Å². The molecule has 0 saturated heterocycles. The lowest BCUT2D eigenvalue weighted by atomic mass is 9.90. The molecule has 4 rings (SSSR count). The normalized spacial score (nSPS) is 18.9. The van der Waals surface area contributed by atoms with Gasteiger partial charge in [-0.05, 0) is 48.4 Å². The molecule has 5 heteroatoms. The van der Waals surface area contributed by atoms with Crippen LogP contribution in [0.5, 0.6) is 0 Å². The largest absolute Gasteiger partial charge is 0.379 e. The molecule has 0 bridgehead atoms. The van der Waals surface area contributed by atoms with E-state index in [1.54, 1.807) is 18.8 Å². The van der Waals surface area contributed by atoms with Gasteiger partial charge in [0.15, 0.2) is 5.17 Å². The number of allylic oxidation sites excluding steroid dienone is 6. The molecule has 1 aliphatic carbocycles. The molecule has 1 atom stereocenters. The quantitative estimate of drug-likeness (QED) is 0.560. The third-order valence-corrected chi connectivity index (χ3v) is 6.20. The van der Waals surface area contributed by atoms with Crippen molar-refractivity contribution in [3.8, 4) is 0 Å². The van der Waals surface area contributed by atoms with Crippen LogP contribution in [-0.2, 0) is 16.8 Å². The van der Waals surface area contributed by atoms with E-state index in [1.807, 2.05) is 18.2 Å². The average molecular weight is 462 g/mol. The van der Waals surface area contributed by atoms with Crippen LogP contribution < -0.4 is 11.1 Å². The molecule has 33 heavy (non-hydrogen) atoms. The number of carbonyl (C=O) groups is 1. The fourth-order valence-corrected chi connectivity index (χ4v) is 4.39. The number of nitrogens with two attached hydrogens (primary N) is 1. The summed E-state index contributed by atoms with van der Waals surface area (Å²) in [6.07, 6.45) is 14.6. The minimum absolute atomic E-state index is 0.114. The van der Waals surface area contributed by atoms with Gasteiger partial charge >= 0.3 is 0 Å². The monoisotopic (exact) mass is 461 g/mol. The van der Waals surface area contributed by atoms with Gasteiger partial charge in [-0.15, -0.1) is 0 Å². The average Bonchev–Trinajstić information content (AvgIpc) is 3.15. The number of rotatable bonds is 4. The Hall–Kier alpha value is -3.05. The topological polar surface area (TPSA) is 67.5 Å². The Morgan fingerprint density at radius 3 is 2.42 bits per heavy atom. The summed E-state index contributed by atoms with van der Waals surface area (Å²) < 4.78 is 0. The van der Waals surface area contributed by atoms with Crippen LogP contribution in [0.3, 0.4) is 0 Å². The summed E-state index contributed by atoms with van der Waals surface area (Å²) in [4.78, 5) is 13.6. The van der Waals surface area contributed by atoms with E-state index in [0.29, 0.717) is 11.6 Å². The third kappa shape index (κ3) is 8.78. The van der Waals surface area contributed by atoms with E-state index in [-0.39, 0.29) is 5.54 Å². The number of nitrogens with zero attached hydrogens (tertiary/aromatic N) is 1. The highest BCUT2D eigenvalue weighted by atomic mass is 32.2. The fourth-order valence-electron chi connectivity index (χ4n) is 3.42. The van der Waals surface area contributed by atoms with Crippen LogP contribution >= 0.6 is 11.8 Å². The van der Waals surface area contributed by atoms with Crippen LogP contribution in [0.4, 0.5) is 0 Å². The molecule has 2 aromatic rings. The molecule has 4 nitrogen and oxygen atoms in total. The number of benzene rings is 2. The predicted molar refractivity (Wildman–Crippen MR) is 144 cm³/mol. The first-order chi connectivity index (χ1) is 16.0. The third-order valence-electron chi connectivity index (χ3n) is 5.40. The van der Waals surface area contributed by atoms with E-state index >= 15 is 0 Å². The number of carbonyl (C=O) groups excluding carboxylic acids is 1. The minimum atomic E-state index is -0.114. The van der Waals surface area contributed by atoms with E-state index in [9.17, 15) is 0 Å². The number of aliphatic imine (C=N–C) groups is 1. The van der Waals surface area contributed by atoms with Crippen molar-refractivity contribution in [2.75, 3.05) is 12.8 Å². The van der Waals surface area contributed by atoms with Gasteiger partial charge in [0.25, 0.3) is 0 Å². The minimum Gasteiger partial charge on any atom is -0.379 e. The molecule has 2 aliphatic rings. The molecule has 1 unspecified atom stereocenters. The Kier molecular flexibility index (Phi) is 11.3. The van der Waals surface area contributed by atoms with Crippen molar-refractivity contribution in [3.63, 3.8) is 0 Å². The van der Waals surface area contributed by atoms with Gasteiger partial charge < -0.3 is 11.1 Å². The lowest BCUT2D eigenvalue weighted by Crippen LogP contribution is -2.28. The lowest BCUT2D eigenvalue weighted by Gasteiger charge is -2.29. The number of aryl methyl sites for hydroxylation is 1. The Labute approximate surface area is 202 Å². The zero-order valence-corrected chi connectivity index (χ0v) is 20.6. The molecule has 0 fully saturated rings. The van der Waals surface area contributed by atoms with Crippen LogP contribution in [-0.4, -0.2) is 24.4 Å². The van der Waals surface area contributed by atoms with E-state index in [2.05, 4.69) is 90.9 Å². The second kappa shape index (κ2) is 14.2. The van der Waals surface area contributed by atoms with Crippen LogP contribution in [0.2, 0.25) is 0 Å². The zero-order chi connectivity index (χ0) is 23.9. The molecule has 0 radical (unpaired) electrons. The van der Waals surface area contributed by atoms with Gasteiger partial charge in [0.05, 0.1) is 5.54 Å². The van der Waals surface area contributed by atoms with E-state index in [4.69, 9.17) is 10.5 Å². The molecular formula is C28H35N3OS. The number of amidine groups is 1. The molecule has 3 N–H and O–H groups in total. The van der Waals surface area contributed by atoms with Crippen molar-refractivity contribution in [2.45, 2.75) is 38.6 Å². The Bertz CT molecular complexity index is 978. The maximum atomic E-state index is 9.06. The van der Waals surface area contributed by atoms with Gasteiger partial charge in [-0.3, -0.25) is 9.79 Å². The molecule has 1 heterocycles. The fraction of sp³-hybridized carbons (Fsp3) is 0.286. The van der Waals surface area contributed by atoms with E-state index < -0.39 is 0 Å². The molecular weight excluding hydrogens is 426 g/mol. The Morgan fingerprint density at radius 1 is 1.12 bits per heavy atom. The van der Waals surface area contributed by atoms with Crippen molar-refractivity contribution in [3.05, 3.63) is 102 Å². The second-order valence-corrected chi connectivity index (χ2v) is 8.94. The number of nitrogens with one attached hydrogen (secondary N) is 1. The number of hydrogen-bond donors (Lipinski definition) is 2. The lowest BCUT2D eigenvalue weighted by molar-refractivity contribution is -0.109. The summed E-state index contributed by atoms with van der Waals surface area (Å²) in [5.41, 5.74) is 10.9. The molecule has 0 aromatic heterocycles. The summed E-state index contributed by atoms with van der Waals surface area (Å²) in [5, 5.41) is 2.96. The molecule has 2 aromatic carbocycles. The van der Waals surface area contributed by atoms with Gasteiger partial charge in [0, 0.05) is 12.8 Å². The predicted octanol–water partition coefficient (Wildman–Crippen LogP) is 5.86. The maximum Gasteiger partial charge on any atom is 0.206 e. The summed E-state index contributed by atoms with van der Waals surface area (Å²) in [5.74, 6) is 1.06. The van der Waals surface area contributed by atoms with Crippen molar-refractivity contribution in [2.24, 2.45) is 10.7 Å². The van der Waals surface area contributed by atoms with Crippen LogP contribution in [0.15, 0.2) is 90.0 Å². The molecule has 1 aliphatic heterocycles. The van der Waals surface area contributed by atoms with Gasteiger partial charge in [-0.25, -0.2) is 0 Å². The van der Waals surface area contributed by atoms with E-state index in [1.165, 1.54) is 22.3 Å². The number of thioether (sulfide) groups is 1. The van der Waals surface area contributed by atoms with Crippen LogP contribution in [0.25, 0.3) is 5.57 Å². The second-order valence-electron chi connectivity index (χ2n) is 7.83.